The van der Waals surface area contributed by atoms with Gasteiger partial charge in [0.25, 0.3) is 0 Å². The molecule has 0 aliphatic heterocycles. The van der Waals surface area contributed by atoms with Crippen LogP contribution in [-0.4, -0.2) is 9.78 Å². The van der Waals surface area contributed by atoms with Crippen LogP contribution < -0.4 is 0 Å². The van der Waals surface area contributed by atoms with Crippen LogP contribution in [0, 0.1) is 6.92 Å². The third-order valence-corrected chi connectivity index (χ3v) is 2.15. The van der Waals surface area contributed by atoms with Crippen molar-refractivity contribution in [2.75, 3.05) is 0 Å². The average Bonchev–Trinajstić information content (AvgIpc) is 2.53. The first-order valence-electron chi connectivity index (χ1n) is 4.08. The molecule has 0 aromatic carbocycles. The van der Waals surface area contributed by atoms with Gasteiger partial charge in [-0.2, -0.15) is 5.10 Å². The van der Waals surface area contributed by atoms with E-state index in [1.165, 1.54) is 23.4 Å². The highest BCUT2D eigenvalue weighted by molar-refractivity contribution is 5.43. The number of aromatic nitrogens is 2. The van der Waals surface area contributed by atoms with Gasteiger partial charge >= 0.3 is 0 Å². The molecule has 2 nitrogen and oxygen atoms in total. The van der Waals surface area contributed by atoms with E-state index >= 15 is 0 Å². The molecule has 0 fully saturated rings. The van der Waals surface area contributed by atoms with Crippen LogP contribution in [0.1, 0.15) is 37.7 Å². The summed E-state index contributed by atoms with van der Waals surface area (Å²) in [6.45, 7) is 8.67. The minimum absolute atomic E-state index is 0.162. The van der Waals surface area contributed by atoms with Crippen LogP contribution in [0.4, 0.5) is 0 Å². The molecule has 0 saturated carbocycles. The summed E-state index contributed by atoms with van der Waals surface area (Å²) in [5.41, 5.74) is 4.29. The Hall–Kier alpha value is -0.790. The average molecular weight is 150 g/mol. The highest BCUT2D eigenvalue weighted by atomic mass is 15.3. The summed E-state index contributed by atoms with van der Waals surface area (Å²) in [4.78, 5) is 0. The number of rotatable bonds is 0. The summed E-state index contributed by atoms with van der Waals surface area (Å²) < 4.78 is 2.15. The monoisotopic (exact) mass is 150 g/mol. The second-order valence-corrected chi connectivity index (χ2v) is 4.27. The lowest BCUT2D eigenvalue weighted by Crippen LogP contribution is -2.23. The fraction of sp³-hybridized carbons (Fsp3) is 0.667. The molecular weight excluding hydrogens is 136 g/mol. The summed E-state index contributed by atoms with van der Waals surface area (Å²) in [6, 6.07) is 0. The number of nitrogens with zero attached hydrogens (tertiary/aromatic N) is 2. The third-order valence-electron chi connectivity index (χ3n) is 2.15. The van der Waals surface area contributed by atoms with E-state index in [0.29, 0.717) is 0 Å². The van der Waals surface area contributed by atoms with E-state index in [1.807, 2.05) is 0 Å². The molecule has 0 radical (unpaired) electrons. The SMILES string of the molecule is Cc1nn(C(C)(C)C)c2c1C2. The Bertz CT molecular complexity index is 302. The van der Waals surface area contributed by atoms with Gasteiger partial charge in [0.05, 0.1) is 11.2 Å². The lowest BCUT2D eigenvalue weighted by Gasteiger charge is -2.20. The van der Waals surface area contributed by atoms with Crippen LogP contribution in [0.3, 0.4) is 0 Å². The number of fused-ring (bicyclic) bond motifs is 1. The maximum absolute atomic E-state index is 4.47. The van der Waals surface area contributed by atoms with E-state index < -0.39 is 0 Å². The van der Waals surface area contributed by atoms with Gasteiger partial charge in [0.1, 0.15) is 0 Å². The molecule has 0 N–H and O–H groups in total. The van der Waals surface area contributed by atoms with E-state index in [9.17, 15) is 0 Å². The normalized spacial score (nSPS) is 14.9. The van der Waals surface area contributed by atoms with E-state index in [0.717, 1.165) is 0 Å². The second kappa shape index (κ2) is 1.68. The van der Waals surface area contributed by atoms with E-state index in [1.54, 1.807) is 0 Å². The van der Waals surface area contributed by atoms with Gasteiger partial charge in [-0.3, -0.25) is 4.68 Å². The standard InChI is InChI=1S/C9H14N2/c1-6-7-5-8(7)11(10-6)9(2,3)4/h5H2,1-4H3. The van der Waals surface area contributed by atoms with Crippen molar-refractivity contribution >= 4 is 0 Å². The molecule has 1 aliphatic carbocycles. The maximum Gasteiger partial charge on any atom is 0.0632 e. The molecule has 0 bridgehead atoms. The van der Waals surface area contributed by atoms with Gasteiger partial charge in [0.2, 0.25) is 0 Å². The van der Waals surface area contributed by atoms with Gasteiger partial charge in [-0.1, -0.05) is 0 Å². The van der Waals surface area contributed by atoms with E-state index in [-0.39, 0.29) is 5.54 Å². The van der Waals surface area contributed by atoms with Crippen molar-refractivity contribution in [3.63, 3.8) is 0 Å². The Morgan fingerprint density at radius 3 is 2.18 bits per heavy atom. The summed E-state index contributed by atoms with van der Waals surface area (Å²) in [7, 11) is 0. The number of aryl methyl sites for hydroxylation is 1. The molecule has 60 valence electrons. The Kier molecular flexibility index (Phi) is 1.05. The molecule has 1 aliphatic rings. The molecule has 1 aromatic rings. The van der Waals surface area contributed by atoms with Crippen molar-refractivity contribution in [2.45, 2.75) is 39.7 Å². The molecule has 0 amide bonds. The van der Waals surface area contributed by atoms with Gasteiger partial charge in [-0.05, 0) is 27.7 Å². The smallest absolute Gasteiger partial charge is 0.0632 e. The van der Waals surface area contributed by atoms with Gasteiger partial charge in [0.15, 0.2) is 0 Å². The van der Waals surface area contributed by atoms with E-state index in [2.05, 4.69) is 37.5 Å². The Labute approximate surface area is 67.2 Å². The van der Waals surface area contributed by atoms with Gasteiger partial charge in [-0.15, -0.1) is 0 Å². The lowest BCUT2D eigenvalue weighted by molar-refractivity contribution is 0.348. The van der Waals surface area contributed by atoms with Crippen LogP contribution in [0.2, 0.25) is 0 Å². The highest BCUT2D eigenvalue weighted by Gasteiger charge is 2.31. The molecule has 2 heteroatoms. The second-order valence-electron chi connectivity index (χ2n) is 4.27. The van der Waals surface area contributed by atoms with Gasteiger partial charge < -0.3 is 0 Å². The third kappa shape index (κ3) is 0.889. The molecule has 1 aromatic heterocycles. The van der Waals surface area contributed by atoms with Crippen LogP contribution in [0.15, 0.2) is 0 Å². The van der Waals surface area contributed by atoms with Crippen LogP contribution >= 0.6 is 0 Å². The van der Waals surface area contributed by atoms with Gasteiger partial charge in [-0.25, -0.2) is 0 Å². The van der Waals surface area contributed by atoms with Crippen molar-refractivity contribution in [3.8, 4) is 0 Å². The fourth-order valence-corrected chi connectivity index (χ4v) is 1.49. The number of hydrogen-bond acceptors (Lipinski definition) is 1. The maximum atomic E-state index is 4.47. The first-order valence-corrected chi connectivity index (χ1v) is 4.08. The molecular formula is C9H14N2. The summed E-state index contributed by atoms with van der Waals surface area (Å²) in [5.74, 6) is 0. The fourth-order valence-electron chi connectivity index (χ4n) is 1.49. The topological polar surface area (TPSA) is 17.8 Å². The van der Waals surface area contributed by atoms with E-state index in [4.69, 9.17) is 0 Å². The van der Waals surface area contributed by atoms with Crippen molar-refractivity contribution in [2.24, 2.45) is 0 Å². The van der Waals surface area contributed by atoms with Crippen LogP contribution in [-0.2, 0) is 12.0 Å². The predicted molar refractivity (Wildman–Crippen MR) is 44.8 cm³/mol. The Balaban J connectivity index is 2.49. The molecule has 2 rings (SSSR count). The first-order chi connectivity index (χ1) is 5.00. The zero-order valence-corrected chi connectivity index (χ0v) is 7.60. The van der Waals surface area contributed by atoms with Crippen molar-refractivity contribution in [3.05, 3.63) is 17.0 Å². The molecule has 0 atom stereocenters. The lowest BCUT2D eigenvalue weighted by atomic mass is 10.1. The quantitative estimate of drug-likeness (QED) is 0.560. The molecule has 0 spiro atoms. The summed E-state index contributed by atoms with van der Waals surface area (Å²) in [5, 5.41) is 4.47. The largest absolute Gasteiger partial charge is 0.263 e. The molecule has 0 saturated heterocycles. The predicted octanol–water partition coefficient (Wildman–Crippen LogP) is 1.85. The minimum Gasteiger partial charge on any atom is -0.263 e. The summed E-state index contributed by atoms with van der Waals surface area (Å²) >= 11 is 0. The van der Waals surface area contributed by atoms with Crippen LogP contribution in [0.25, 0.3) is 0 Å². The highest BCUT2D eigenvalue weighted by Crippen LogP contribution is 2.34. The zero-order valence-electron chi connectivity index (χ0n) is 7.60. The minimum atomic E-state index is 0.162. The Morgan fingerprint density at radius 1 is 1.36 bits per heavy atom. The Morgan fingerprint density at radius 2 is 2.00 bits per heavy atom. The van der Waals surface area contributed by atoms with Crippen molar-refractivity contribution in [1.82, 2.24) is 9.78 Å². The zero-order chi connectivity index (χ0) is 8.22. The molecule has 11 heavy (non-hydrogen) atoms. The molecule has 0 unspecified atom stereocenters. The van der Waals surface area contributed by atoms with Crippen molar-refractivity contribution < 1.29 is 0 Å². The molecule has 1 heterocycles. The number of hydrogen-bond donors (Lipinski definition) is 0. The van der Waals surface area contributed by atoms with Crippen LogP contribution in [0.5, 0.6) is 0 Å². The van der Waals surface area contributed by atoms with Crippen molar-refractivity contribution in [1.29, 1.82) is 0 Å². The first kappa shape index (κ1) is 6.89. The summed E-state index contributed by atoms with van der Waals surface area (Å²) in [6.07, 6.45) is 1.17. The van der Waals surface area contributed by atoms with Gasteiger partial charge in [0, 0.05) is 17.7 Å².